The Morgan fingerprint density at radius 1 is 0.725 bits per heavy atom. The van der Waals surface area contributed by atoms with E-state index in [4.69, 9.17) is 4.74 Å². The molecule has 5 aliphatic carbocycles. The molecule has 0 aromatic heterocycles. The Hall–Kier alpha value is -1.31. The number of fused-ring (bicyclic) bond motifs is 7. The molecule has 2 heteroatoms. The number of rotatable bonds is 15. The molecular weight excluding hydrogens is 621 g/mol. The summed E-state index contributed by atoms with van der Waals surface area (Å²) in [6, 6.07) is 0. The molecule has 8 unspecified atom stereocenters. The van der Waals surface area contributed by atoms with Crippen molar-refractivity contribution in [1.29, 1.82) is 0 Å². The van der Waals surface area contributed by atoms with E-state index in [1.54, 1.807) is 0 Å². The van der Waals surface area contributed by atoms with Crippen molar-refractivity contribution in [2.75, 3.05) is 0 Å². The van der Waals surface area contributed by atoms with Crippen LogP contribution in [0.25, 0.3) is 0 Å². The van der Waals surface area contributed by atoms with E-state index in [0.717, 1.165) is 31.6 Å². The maximum atomic E-state index is 13.3. The van der Waals surface area contributed by atoms with Crippen molar-refractivity contribution in [2.24, 2.45) is 49.7 Å². The third kappa shape index (κ3) is 7.66. The zero-order chi connectivity index (χ0) is 37.2. The fraction of sp³-hybridized carbons (Fsp3) is 0.857. The molecule has 0 aromatic rings. The van der Waals surface area contributed by atoms with E-state index in [1.807, 2.05) is 5.57 Å². The quantitative estimate of drug-likeness (QED) is 0.0964. The molecule has 0 radical (unpaired) electrons. The minimum atomic E-state index is -0.0429. The number of allylic oxidation sites excluding steroid dienone is 6. The van der Waals surface area contributed by atoms with Gasteiger partial charge in [-0.1, -0.05) is 137 Å². The molecule has 0 heterocycles. The van der Waals surface area contributed by atoms with Crippen molar-refractivity contribution in [3.05, 3.63) is 36.0 Å². The summed E-state index contributed by atoms with van der Waals surface area (Å²) in [6.07, 6.45) is 38.9. The van der Waals surface area contributed by atoms with Gasteiger partial charge in [-0.25, -0.2) is 0 Å². The van der Waals surface area contributed by atoms with E-state index in [0.29, 0.717) is 34.0 Å². The minimum absolute atomic E-state index is 0.0237. The van der Waals surface area contributed by atoms with Crippen LogP contribution < -0.4 is 0 Å². The lowest BCUT2D eigenvalue weighted by molar-refractivity contribution is -0.254. The van der Waals surface area contributed by atoms with Gasteiger partial charge in [0.25, 0.3) is 0 Å². The van der Waals surface area contributed by atoms with Gasteiger partial charge in [-0.2, -0.15) is 0 Å². The first-order valence-electron chi connectivity index (χ1n) is 22.2. The van der Waals surface area contributed by atoms with Crippen LogP contribution >= 0.6 is 0 Å². The molecule has 4 saturated carbocycles. The second-order valence-corrected chi connectivity index (χ2v) is 21.2. The predicted molar refractivity (Wildman–Crippen MR) is 219 cm³/mol. The Kier molecular flexibility index (Phi) is 12.7. The van der Waals surface area contributed by atoms with Gasteiger partial charge in [-0.05, 0) is 147 Å². The lowest BCUT2D eigenvalue weighted by Crippen LogP contribution is -2.68. The topological polar surface area (TPSA) is 26.3 Å². The summed E-state index contributed by atoms with van der Waals surface area (Å²) in [5.41, 5.74) is 3.78. The Labute approximate surface area is 316 Å². The van der Waals surface area contributed by atoms with Crippen molar-refractivity contribution in [2.45, 2.75) is 217 Å². The van der Waals surface area contributed by atoms with Crippen LogP contribution in [0.1, 0.15) is 210 Å². The molecule has 51 heavy (non-hydrogen) atoms. The Balaban J connectivity index is 1.12. The van der Waals surface area contributed by atoms with Crippen molar-refractivity contribution in [3.63, 3.8) is 0 Å². The predicted octanol–water partition coefficient (Wildman–Crippen LogP) is 14.9. The van der Waals surface area contributed by atoms with E-state index in [-0.39, 0.29) is 28.3 Å². The van der Waals surface area contributed by atoms with Gasteiger partial charge in [-0.15, -0.1) is 0 Å². The summed E-state index contributed by atoms with van der Waals surface area (Å²) >= 11 is 0. The van der Waals surface area contributed by atoms with Gasteiger partial charge in [0.1, 0.15) is 6.10 Å². The molecule has 5 rings (SSSR count). The summed E-state index contributed by atoms with van der Waals surface area (Å²) in [7, 11) is 0. The molecule has 0 amide bonds. The molecule has 5 aliphatic rings. The van der Waals surface area contributed by atoms with E-state index >= 15 is 0 Å². The molecule has 0 bridgehead atoms. The van der Waals surface area contributed by atoms with Crippen LogP contribution in [0.2, 0.25) is 0 Å². The zero-order valence-corrected chi connectivity index (χ0v) is 35.5. The molecule has 0 aromatic carbocycles. The second-order valence-electron chi connectivity index (χ2n) is 21.2. The Morgan fingerprint density at radius 2 is 1.37 bits per heavy atom. The summed E-state index contributed by atoms with van der Waals surface area (Å²) in [5.74, 6) is 1.48. The van der Waals surface area contributed by atoms with E-state index in [9.17, 15) is 4.79 Å². The highest BCUT2D eigenvalue weighted by molar-refractivity contribution is 5.69. The van der Waals surface area contributed by atoms with E-state index in [1.165, 1.54) is 109 Å². The van der Waals surface area contributed by atoms with Gasteiger partial charge < -0.3 is 4.74 Å². The first-order chi connectivity index (χ1) is 24.0. The summed E-state index contributed by atoms with van der Waals surface area (Å²) in [5, 5.41) is 0. The molecule has 290 valence electrons. The third-order valence-electron chi connectivity index (χ3n) is 17.7. The van der Waals surface area contributed by atoms with Crippen LogP contribution in [0, 0.1) is 49.7 Å². The largest absolute Gasteiger partial charge is 0.462 e. The normalized spacial score (nSPS) is 39.9. The molecular formula is C49H82O2. The molecule has 0 spiro atoms. The number of hydrogen-bond acceptors (Lipinski definition) is 2. The molecule has 0 saturated heterocycles. The fourth-order valence-corrected chi connectivity index (χ4v) is 13.2. The summed E-state index contributed by atoms with van der Waals surface area (Å²) in [6.45, 7) is 25.6. The monoisotopic (exact) mass is 703 g/mol. The highest BCUT2D eigenvalue weighted by Gasteiger charge is 2.71. The van der Waals surface area contributed by atoms with Gasteiger partial charge in [0, 0.05) is 11.8 Å². The number of esters is 1. The zero-order valence-electron chi connectivity index (χ0n) is 35.5. The van der Waals surface area contributed by atoms with Crippen LogP contribution in [0.15, 0.2) is 36.0 Å². The number of unbranched alkanes of at least 4 members (excludes halogenated alkanes) is 8. The summed E-state index contributed by atoms with van der Waals surface area (Å²) in [4.78, 5) is 13.3. The van der Waals surface area contributed by atoms with Crippen LogP contribution in [0.3, 0.4) is 0 Å². The van der Waals surface area contributed by atoms with E-state index < -0.39 is 0 Å². The highest BCUT2D eigenvalue weighted by Crippen LogP contribution is 2.78. The van der Waals surface area contributed by atoms with Crippen LogP contribution in [0.4, 0.5) is 0 Å². The number of carbonyl (C=O) groups is 1. The van der Waals surface area contributed by atoms with Crippen molar-refractivity contribution < 1.29 is 9.53 Å². The minimum Gasteiger partial charge on any atom is -0.462 e. The maximum Gasteiger partial charge on any atom is 0.306 e. The van der Waals surface area contributed by atoms with Gasteiger partial charge in [0.2, 0.25) is 0 Å². The Bertz CT molecular complexity index is 1280. The standard InChI is InChI=1S/C49H82O2/c1-11-12-13-14-15-16-17-18-19-20-21-22-23-24-25-26-42(50)51-41-29-30-48(9)40-28-27-38-39-37-43(2,3)31-32-45(39,6)33-34-46(38,7)47(40,8)35-36-49(48,10)44(41,4)5/h15-16,18-19,27,39-41H,11-14,17,20-26,28-37H2,1-10H3. The Morgan fingerprint density at radius 3 is 2.08 bits per heavy atom. The molecule has 0 N–H and O–H groups in total. The smallest absolute Gasteiger partial charge is 0.306 e. The van der Waals surface area contributed by atoms with Gasteiger partial charge in [0.05, 0.1) is 0 Å². The van der Waals surface area contributed by atoms with Crippen molar-refractivity contribution >= 4 is 5.97 Å². The molecule has 0 aliphatic heterocycles. The SMILES string of the molecule is CCCCCC=CCC=CCCCCCCCC(=O)OC1CCC2(C)C3CC=C4C5CC(C)(C)CCC5(C)CCC4(C)C3(C)CCC2(C)C1(C)C. The second kappa shape index (κ2) is 15.8. The number of ether oxygens (including phenoxy) is 1. The lowest BCUT2D eigenvalue weighted by atomic mass is 9.30. The summed E-state index contributed by atoms with van der Waals surface area (Å²) < 4.78 is 6.48. The maximum absolute atomic E-state index is 13.3. The van der Waals surface area contributed by atoms with Crippen LogP contribution in [0.5, 0.6) is 0 Å². The molecule has 2 nitrogen and oxygen atoms in total. The highest BCUT2D eigenvalue weighted by atomic mass is 16.5. The number of carbonyl (C=O) groups excluding carboxylic acids is 1. The molecule has 4 fully saturated rings. The average molecular weight is 703 g/mol. The van der Waals surface area contributed by atoms with Crippen LogP contribution in [-0.2, 0) is 9.53 Å². The first-order valence-corrected chi connectivity index (χ1v) is 22.2. The van der Waals surface area contributed by atoms with Gasteiger partial charge in [-0.3, -0.25) is 4.79 Å². The number of hydrogen-bond donors (Lipinski definition) is 0. The lowest BCUT2D eigenvalue weighted by Gasteiger charge is -2.74. The van der Waals surface area contributed by atoms with Crippen molar-refractivity contribution in [3.8, 4) is 0 Å². The first kappa shape index (κ1) is 40.9. The van der Waals surface area contributed by atoms with Crippen molar-refractivity contribution in [1.82, 2.24) is 0 Å². The molecule has 8 atom stereocenters. The van der Waals surface area contributed by atoms with E-state index in [2.05, 4.69) is 99.6 Å². The average Bonchev–Trinajstić information content (AvgIpc) is 3.07. The van der Waals surface area contributed by atoms with Gasteiger partial charge >= 0.3 is 5.97 Å². The van der Waals surface area contributed by atoms with Crippen LogP contribution in [-0.4, -0.2) is 12.1 Å². The van der Waals surface area contributed by atoms with Gasteiger partial charge in [0.15, 0.2) is 0 Å². The fourth-order valence-electron chi connectivity index (χ4n) is 13.2. The third-order valence-corrected chi connectivity index (χ3v) is 17.7.